The van der Waals surface area contributed by atoms with Crippen LogP contribution in [0.5, 0.6) is 0 Å². The van der Waals surface area contributed by atoms with E-state index in [0.29, 0.717) is 0 Å². The van der Waals surface area contributed by atoms with Crippen LogP contribution in [0.2, 0.25) is 0 Å². The lowest BCUT2D eigenvalue weighted by molar-refractivity contribution is 0.0148. The molecule has 2 unspecified atom stereocenters. The molecular formula is C9H16NO2. The molecule has 0 aromatic heterocycles. The van der Waals surface area contributed by atoms with Crippen LogP contribution in [0.4, 0.5) is 0 Å². The van der Waals surface area contributed by atoms with Gasteiger partial charge in [-0.25, -0.2) is 5.73 Å². The van der Waals surface area contributed by atoms with Crippen LogP contribution in [-0.2, 0) is 9.47 Å². The Labute approximate surface area is 73.2 Å². The van der Waals surface area contributed by atoms with Crippen molar-refractivity contribution in [2.75, 3.05) is 13.2 Å². The van der Waals surface area contributed by atoms with Gasteiger partial charge in [0.2, 0.25) is 0 Å². The summed E-state index contributed by atoms with van der Waals surface area (Å²) < 4.78 is 10.9. The Morgan fingerprint density at radius 3 is 1.83 bits per heavy atom. The lowest BCUT2D eigenvalue weighted by atomic mass is 10.0. The van der Waals surface area contributed by atoms with Crippen molar-refractivity contribution in [2.24, 2.45) is 0 Å². The van der Waals surface area contributed by atoms with Crippen molar-refractivity contribution < 1.29 is 9.47 Å². The quantitative estimate of drug-likeness (QED) is 0.620. The van der Waals surface area contributed by atoms with Crippen LogP contribution in [-0.4, -0.2) is 31.5 Å². The molecule has 0 bridgehead atoms. The summed E-state index contributed by atoms with van der Waals surface area (Å²) in [7, 11) is 0. The monoisotopic (exact) mass is 170 g/mol. The molecule has 1 radical (unpaired) electrons. The highest BCUT2D eigenvalue weighted by atomic mass is 16.5. The van der Waals surface area contributed by atoms with Gasteiger partial charge in [0.15, 0.2) is 0 Å². The molecule has 0 saturated carbocycles. The van der Waals surface area contributed by atoms with Crippen molar-refractivity contribution in [1.82, 2.24) is 5.73 Å². The molecule has 3 nitrogen and oxygen atoms in total. The van der Waals surface area contributed by atoms with Gasteiger partial charge in [0.05, 0.1) is 18.2 Å². The van der Waals surface area contributed by atoms with E-state index in [1.165, 1.54) is 0 Å². The van der Waals surface area contributed by atoms with Crippen molar-refractivity contribution in [3.05, 3.63) is 0 Å². The van der Waals surface area contributed by atoms with Crippen LogP contribution in [0, 0.1) is 0 Å². The normalized spacial score (nSPS) is 38.8. The molecule has 0 spiro atoms. The third kappa shape index (κ3) is 1.63. The molecule has 0 aromatic rings. The second-order valence-corrected chi connectivity index (χ2v) is 3.63. The van der Waals surface area contributed by atoms with E-state index in [1.54, 1.807) is 0 Å². The minimum atomic E-state index is -0.144. The molecule has 2 aliphatic heterocycles. The molecular weight excluding hydrogens is 154 g/mol. The van der Waals surface area contributed by atoms with Gasteiger partial charge in [0, 0.05) is 13.2 Å². The van der Waals surface area contributed by atoms with Crippen molar-refractivity contribution >= 4 is 0 Å². The summed E-state index contributed by atoms with van der Waals surface area (Å²) in [4.78, 5) is 0. The Bertz CT molecular complexity index is 123. The molecule has 69 valence electrons. The van der Waals surface area contributed by atoms with Crippen LogP contribution in [0.1, 0.15) is 25.7 Å². The van der Waals surface area contributed by atoms with Gasteiger partial charge in [0.25, 0.3) is 0 Å². The lowest BCUT2D eigenvalue weighted by Gasteiger charge is -2.22. The molecule has 0 aliphatic carbocycles. The Kier molecular flexibility index (Phi) is 2.63. The highest BCUT2D eigenvalue weighted by Gasteiger charge is 2.32. The predicted octanol–water partition coefficient (Wildman–Crippen LogP) is 0.996. The topological polar surface area (TPSA) is 42.3 Å². The highest BCUT2D eigenvalue weighted by Crippen LogP contribution is 2.23. The zero-order chi connectivity index (χ0) is 8.39. The van der Waals surface area contributed by atoms with Gasteiger partial charge in [-0.2, -0.15) is 0 Å². The molecule has 2 rings (SSSR count). The third-order valence-electron chi connectivity index (χ3n) is 2.73. The van der Waals surface area contributed by atoms with Crippen LogP contribution >= 0.6 is 0 Å². The molecule has 1 N–H and O–H groups in total. The summed E-state index contributed by atoms with van der Waals surface area (Å²) in [5.74, 6) is 0. The van der Waals surface area contributed by atoms with E-state index in [9.17, 15) is 0 Å². The van der Waals surface area contributed by atoms with E-state index in [4.69, 9.17) is 15.2 Å². The molecule has 2 aliphatic rings. The van der Waals surface area contributed by atoms with E-state index < -0.39 is 0 Å². The van der Waals surface area contributed by atoms with Gasteiger partial charge in [-0.05, 0) is 25.7 Å². The van der Waals surface area contributed by atoms with E-state index >= 15 is 0 Å². The second-order valence-electron chi connectivity index (χ2n) is 3.63. The fourth-order valence-corrected chi connectivity index (χ4v) is 2.01. The largest absolute Gasteiger partial charge is 0.376 e. The standard InChI is InChI=1S/C9H16NO2/c10-9(7-3-1-5-11-7)8-4-2-6-12-8/h7-10H,1-6H2. The zero-order valence-electron chi connectivity index (χ0n) is 7.29. The molecule has 3 heteroatoms. The summed E-state index contributed by atoms with van der Waals surface area (Å²) in [5.41, 5.74) is 7.92. The van der Waals surface area contributed by atoms with Gasteiger partial charge in [-0.1, -0.05) is 0 Å². The number of rotatable bonds is 2. The van der Waals surface area contributed by atoms with Gasteiger partial charge in [0.1, 0.15) is 0 Å². The summed E-state index contributed by atoms with van der Waals surface area (Å²) in [6, 6.07) is -0.144. The highest BCUT2D eigenvalue weighted by molar-refractivity contribution is 4.85. The van der Waals surface area contributed by atoms with Crippen LogP contribution < -0.4 is 5.73 Å². The maximum Gasteiger partial charge on any atom is 0.0767 e. The Morgan fingerprint density at radius 2 is 1.50 bits per heavy atom. The molecule has 0 aromatic carbocycles. The van der Waals surface area contributed by atoms with Gasteiger partial charge < -0.3 is 9.47 Å². The predicted molar refractivity (Wildman–Crippen MR) is 44.8 cm³/mol. The van der Waals surface area contributed by atoms with Gasteiger partial charge in [-0.15, -0.1) is 0 Å². The van der Waals surface area contributed by atoms with Crippen molar-refractivity contribution in [2.45, 2.75) is 43.9 Å². The van der Waals surface area contributed by atoms with E-state index in [-0.39, 0.29) is 18.2 Å². The Morgan fingerprint density at radius 1 is 1.00 bits per heavy atom. The lowest BCUT2D eigenvalue weighted by Crippen LogP contribution is -2.37. The molecule has 12 heavy (non-hydrogen) atoms. The van der Waals surface area contributed by atoms with Crippen molar-refractivity contribution in [1.29, 1.82) is 0 Å². The van der Waals surface area contributed by atoms with E-state index in [0.717, 1.165) is 38.9 Å². The second kappa shape index (κ2) is 3.73. The Hall–Kier alpha value is -0.120. The number of hydrogen-bond donors (Lipinski definition) is 0. The van der Waals surface area contributed by atoms with E-state index in [2.05, 4.69) is 0 Å². The Balaban J connectivity index is 1.84. The average Bonchev–Trinajstić information content (AvgIpc) is 2.77. The maximum absolute atomic E-state index is 7.92. The molecule has 2 atom stereocenters. The van der Waals surface area contributed by atoms with Crippen LogP contribution in [0.15, 0.2) is 0 Å². The average molecular weight is 170 g/mol. The first kappa shape index (κ1) is 8.48. The van der Waals surface area contributed by atoms with Gasteiger partial charge >= 0.3 is 0 Å². The summed E-state index contributed by atoms with van der Waals surface area (Å²) >= 11 is 0. The minimum absolute atomic E-state index is 0.144. The fraction of sp³-hybridized carbons (Fsp3) is 1.00. The molecule has 0 amide bonds. The number of ether oxygens (including phenoxy) is 2. The minimum Gasteiger partial charge on any atom is -0.376 e. The van der Waals surface area contributed by atoms with Crippen molar-refractivity contribution in [3.63, 3.8) is 0 Å². The SMILES string of the molecule is [NH]C(C1CCCO1)C1CCCO1. The third-order valence-corrected chi connectivity index (χ3v) is 2.73. The zero-order valence-corrected chi connectivity index (χ0v) is 7.29. The maximum atomic E-state index is 7.92. The summed E-state index contributed by atoms with van der Waals surface area (Å²) in [6.45, 7) is 1.68. The van der Waals surface area contributed by atoms with Gasteiger partial charge in [-0.3, -0.25) is 0 Å². The smallest absolute Gasteiger partial charge is 0.0767 e. The fourth-order valence-electron chi connectivity index (χ4n) is 2.01. The first-order chi connectivity index (χ1) is 5.88. The summed E-state index contributed by atoms with van der Waals surface area (Å²) in [5, 5.41) is 0. The first-order valence-electron chi connectivity index (χ1n) is 4.82. The van der Waals surface area contributed by atoms with Crippen molar-refractivity contribution in [3.8, 4) is 0 Å². The summed E-state index contributed by atoms with van der Waals surface area (Å²) in [6.07, 6.45) is 4.63. The van der Waals surface area contributed by atoms with Crippen LogP contribution in [0.25, 0.3) is 0 Å². The molecule has 2 heterocycles. The number of nitrogens with one attached hydrogen (secondary N) is 1. The number of hydrogen-bond acceptors (Lipinski definition) is 2. The molecule has 2 fully saturated rings. The van der Waals surface area contributed by atoms with Crippen LogP contribution in [0.3, 0.4) is 0 Å². The van der Waals surface area contributed by atoms with E-state index in [1.807, 2.05) is 0 Å². The molecule has 2 saturated heterocycles. The first-order valence-corrected chi connectivity index (χ1v) is 4.82.